The molecule has 1 aliphatic heterocycles. The van der Waals surface area contributed by atoms with Crippen LogP contribution in [0.1, 0.15) is 40.0 Å². The van der Waals surface area contributed by atoms with Crippen molar-refractivity contribution in [3.05, 3.63) is 0 Å². The molecule has 0 amide bonds. The molecule has 1 fully saturated rings. The standard InChI is InChI=1S/C10H20O/c1-4-8(2)10-6-5-7-11-9(10)3/h8-10H,4-7H2,1-3H3/t8-,9+,10-/m1/s1. The predicted octanol–water partition coefficient (Wildman–Crippen LogP) is 2.85. The van der Waals surface area contributed by atoms with Gasteiger partial charge in [0.2, 0.25) is 0 Å². The maximum absolute atomic E-state index is 5.61. The van der Waals surface area contributed by atoms with E-state index in [0.29, 0.717) is 6.10 Å². The number of rotatable bonds is 2. The number of hydrogen-bond acceptors (Lipinski definition) is 1. The molecule has 0 bridgehead atoms. The maximum atomic E-state index is 5.61. The van der Waals surface area contributed by atoms with Gasteiger partial charge in [-0.05, 0) is 31.6 Å². The summed E-state index contributed by atoms with van der Waals surface area (Å²) in [5.41, 5.74) is 0. The Bertz CT molecular complexity index is 107. The molecule has 1 aliphatic rings. The van der Waals surface area contributed by atoms with Crippen LogP contribution in [0.3, 0.4) is 0 Å². The molecular weight excluding hydrogens is 136 g/mol. The highest BCUT2D eigenvalue weighted by molar-refractivity contribution is 4.74. The van der Waals surface area contributed by atoms with Gasteiger partial charge in [0.25, 0.3) is 0 Å². The molecule has 1 saturated heterocycles. The largest absolute Gasteiger partial charge is 0.378 e. The minimum Gasteiger partial charge on any atom is -0.378 e. The summed E-state index contributed by atoms with van der Waals surface area (Å²) in [6, 6.07) is 0. The normalized spacial score (nSPS) is 35.2. The summed E-state index contributed by atoms with van der Waals surface area (Å²) in [4.78, 5) is 0. The van der Waals surface area contributed by atoms with Gasteiger partial charge in [-0.2, -0.15) is 0 Å². The zero-order chi connectivity index (χ0) is 8.27. The Labute approximate surface area is 70.1 Å². The summed E-state index contributed by atoms with van der Waals surface area (Å²) in [5, 5.41) is 0. The minimum atomic E-state index is 0.499. The predicted molar refractivity (Wildman–Crippen MR) is 47.6 cm³/mol. The molecule has 0 aromatic heterocycles. The molecule has 1 heterocycles. The summed E-state index contributed by atoms with van der Waals surface area (Å²) < 4.78 is 5.61. The van der Waals surface area contributed by atoms with Gasteiger partial charge in [0.15, 0.2) is 0 Å². The van der Waals surface area contributed by atoms with Gasteiger partial charge in [-0.1, -0.05) is 20.3 Å². The van der Waals surface area contributed by atoms with Gasteiger partial charge in [-0.15, -0.1) is 0 Å². The van der Waals surface area contributed by atoms with Gasteiger partial charge in [0.1, 0.15) is 0 Å². The lowest BCUT2D eigenvalue weighted by Crippen LogP contribution is -2.31. The summed E-state index contributed by atoms with van der Waals surface area (Å²) in [6.07, 6.45) is 4.42. The van der Waals surface area contributed by atoms with Crippen LogP contribution in [0.25, 0.3) is 0 Å². The highest BCUT2D eigenvalue weighted by Crippen LogP contribution is 2.29. The highest BCUT2D eigenvalue weighted by atomic mass is 16.5. The van der Waals surface area contributed by atoms with E-state index in [0.717, 1.165) is 18.4 Å². The summed E-state index contributed by atoms with van der Waals surface area (Å²) in [5.74, 6) is 1.65. The first-order valence-corrected chi connectivity index (χ1v) is 4.87. The second kappa shape index (κ2) is 4.10. The van der Waals surface area contributed by atoms with Crippen molar-refractivity contribution in [1.82, 2.24) is 0 Å². The van der Waals surface area contributed by atoms with Crippen molar-refractivity contribution in [2.75, 3.05) is 6.61 Å². The van der Waals surface area contributed by atoms with Crippen molar-refractivity contribution < 1.29 is 4.74 Å². The van der Waals surface area contributed by atoms with Crippen LogP contribution in [0.2, 0.25) is 0 Å². The van der Waals surface area contributed by atoms with Gasteiger partial charge in [-0.25, -0.2) is 0 Å². The molecule has 0 aromatic rings. The van der Waals surface area contributed by atoms with Crippen LogP contribution in [0.15, 0.2) is 0 Å². The fraction of sp³-hybridized carbons (Fsp3) is 1.00. The summed E-state index contributed by atoms with van der Waals surface area (Å²) in [7, 11) is 0. The van der Waals surface area contributed by atoms with Gasteiger partial charge in [0.05, 0.1) is 6.10 Å². The molecule has 11 heavy (non-hydrogen) atoms. The van der Waals surface area contributed by atoms with Crippen LogP contribution in [-0.4, -0.2) is 12.7 Å². The summed E-state index contributed by atoms with van der Waals surface area (Å²) >= 11 is 0. The third-order valence-corrected chi connectivity index (χ3v) is 3.04. The molecule has 0 aliphatic carbocycles. The van der Waals surface area contributed by atoms with E-state index in [4.69, 9.17) is 4.74 Å². The minimum absolute atomic E-state index is 0.499. The van der Waals surface area contributed by atoms with Crippen molar-refractivity contribution in [2.24, 2.45) is 11.8 Å². The second-order valence-corrected chi connectivity index (χ2v) is 3.77. The van der Waals surface area contributed by atoms with E-state index < -0.39 is 0 Å². The number of hydrogen-bond donors (Lipinski definition) is 0. The molecule has 0 spiro atoms. The number of ether oxygens (including phenoxy) is 1. The lowest BCUT2D eigenvalue weighted by Gasteiger charge is -2.33. The van der Waals surface area contributed by atoms with Crippen LogP contribution < -0.4 is 0 Å². The van der Waals surface area contributed by atoms with Crippen molar-refractivity contribution in [2.45, 2.75) is 46.1 Å². The average Bonchev–Trinajstić information content (AvgIpc) is 2.04. The maximum Gasteiger partial charge on any atom is 0.0577 e. The fourth-order valence-corrected chi connectivity index (χ4v) is 2.00. The third-order valence-electron chi connectivity index (χ3n) is 3.04. The lowest BCUT2D eigenvalue weighted by molar-refractivity contribution is -0.0331. The Kier molecular flexibility index (Phi) is 3.38. The van der Waals surface area contributed by atoms with E-state index in [2.05, 4.69) is 20.8 Å². The monoisotopic (exact) mass is 156 g/mol. The van der Waals surface area contributed by atoms with E-state index in [9.17, 15) is 0 Å². The molecule has 0 unspecified atom stereocenters. The van der Waals surface area contributed by atoms with E-state index in [1.54, 1.807) is 0 Å². The van der Waals surface area contributed by atoms with Gasteiger partial charge in [0, 0.05) is 6.61 Å². The molecule has 0 N–H and O–H groups in total. The first kappa shape index (κ1) is 9.05. The second-order valence-electron chi connectivity index (χ2n) is 3.77. The first-order valence-electron chi connectivity index (χ1n) is 4.87. The first-order chi connectivity index (χ1) is 5.25. The zero-order valence-electron chi connectivity index (χ0n) is 7.97. The van der Waals surface area contributed by atoms with E-state index >= 15 is 0 Å². The summed E-state index contributed by atoms with van der Waals surface area (Å²) in [6.45, 7) is 7.81. The molecule has 0 saturated carbocycles. The lowest BCUT2D eigenvalue weighted by atomic mass is 9.83. The van der Waals surface area contributed by atoms with Crippen LogP contribution >= 0.6 is 0 Å². The van der Waals surface area contributed by atoms with Crippen LogP contribution in [0, 0.1) is 11.8 Å². The van der Waals surface area contributed by atoms with E-state index in [-0.39, 0.29) is 0 Å². The fourth-order valence-electron chi connectivity index (χ4n) is 2.00. The van der Waals surface area contributed by atoms with Gasteiger partial charge in [-0.3, -0.25) is 0 Å². The molecule has 1 nitrogen and oxygen atoms in total. The Morgan fingerprint density at radius 2 is 2.27 bits per heavy atom. The third kappa shape index (κ3) is 2.19. The topological polar surface area (TPSA) is 9.23 Å². The van der Waals surface area contributed by atoms with Crippen LogP contribution in [-0.2, 0) is 4.74 Å². The van der Waals surface area contributed by atoms with E-state index in [1.807, 2.05) is 0 Å². The zero-order valence-corrected chi connectivity index (χ0v) is 7.97. The molecule has 66 valence electrons. The Morgan fingerprint density at radius 3 is 2.82 bits per heavy atom. The quantitative estimate of drug-likeness (QED) is 0.597. The van der Waals surface area contributed by atoms with Crippen molar-refractivity contribution >= 4 is 0 Å². The van der Waals surface area contributed by atoms with Crippen molar-refractivity contribution in [1.29, 1.82) is 0 Å². The molecule has 1 heteroatoms. The molecule has 3 atom stereocenters. The van der Waals surface area contributed by atoms with Crippen molar-refractivity contribution in [3.63, 3.8) is 0 Å². The molecule has 0 radical (unpaired) electrons. The molecular formula is C10H20O. The SMILES string of the molecule is CC[C@@H](C)[C@H]1CCCO[C@H]1C. The Balaban J connectivity index is 2.40. The van der Waals surface area contributed by atoms with E-state index in [1.165, 1.54) is 19.3 Å². The van der Waals surface area contributed by atoms with Crippen LogP contribution in [0.5, 0.6) is 0 Å². The molecule has 1 rings (SSSR count). The Morgan fingerprint density at radius 1 is 1.55 bits per heavy atom. The highest BCUT2D eigenvalue weighted by Gasteiger charge is 2.25. The smallest absolute Gasteiger partial charge is 0.0577 e. The molecule has 0 aromatic carbocycles. The average molecular weight is 156 g/mol. The van der Waals surface area contributed by atoms with Crippen LogP contribution in [0.4, 0.5) is 0 Å². The van der Waals surface area contributed by atoms with Gasteiger partial charge >= 0.3 is 0 Å². The van der Waals surface area contributed by atoms with Crippen molar-refractivity contribution in [3.8, 4) is 0 Å². The van der Waals surface area contributed by atoms with Gasteiger partial charge < -0.3 is 4.74 Å². The Hall–Kier alpha value is -0.0400.